The van der Waals surface area contributed by atoms with Crippen LogP contribution in [0.4, 0.5) is 14.7 Å². The van der Waals surface area contributed by atoms with Crippen LogP contribution in [0.25, 0.3) is 11.1 Å². The molecule has 1 saturated heterocycles. The Morgan fingerprint density at radius 2 is 1.62 bits per heavy atom. The summed E-state index contributed by atoms with van der Waals surface area (Å²) < 4.78 is 10.8. The SMILES string of the molecule is CC(C)(C)OC(=O)Nc1nc(C(=NOC(C)(C)C(=O)O)C(=O)N[C@@H]2C(=O)N[C@@H]2CNCCNC(=O)OCC2c3ccccc3-c3ccccc32)cs1. The molecular weight excluding hydrogens is 694 g/mol. The number of aliphatic carboxylic acids is 1. The summed E-state index contributed by atoms with van der Waals surface area (Å²) in [5, 5.41) is 28.3. The number of nitrogens with zero attached hydrogens (tertiary/aromatic N) is 2. The van der Waals surface area contributed by atoms with Gasteiger partial charge in [-0.2, -0.15) is 0 Å². The molecule has 2 aromatic carbocycles. The lowest BCUT2D eigenvalue weighted by molar-refractivity contribution is -0.161. The van der Waals surface area contributed by atoms with Crippen LogP contribution < -0.4 is 26.6 Å². The molecular formula is C35H41N7O9S. The number of ether oxygens (including phenoxy) is 2. The number of carboxylic acids is 1. The molecule has 0 bridgehead atoms. The molecule has 16 nitrogen and oxygen atoms in total. The molecule has 276 valence electrons. The minimum Gasteiger partial charge on any atom is -0.478 e. The summed E-state index contributed by atoms with van der Waals surface area (Å²) in [6.07, 6.45) is -1.33. The van der Waals surface area contributed by atoms with Crippen molar-refractivity contribution in [3.05, 3.63) is 70.7 Å². The number of hydrogen-bond acceptors (Lipinski definition) is 12. The zero-order chi connectivity index (χ0) is 37.6. The van der Waals surface area contributed by atoms with Crippen LogP contribution in [0.5, 0.6) is 0 Å². The molecule has 0 spiro atoms. The monoisotopic (exact) mass is 735 g/mol. The quantitative estimate of drug-likeness (QED) is 0.0611. The van der Waals surface area contributed by atoms with E-state index in [4.69, 9.17) is 14.3 Å². The molecule has 5 rings (SSSR count). The predicted molar refractivity (Wildman–Crippen MR) is 191 cm³/mol. The average Bonchev–Trinajstić information content (AvgIpc) is 3.66. The number of fused-ring (bicyclic) bond motifs is 3. The minimum absolute atomic E-state index is 0.0385. The van der Waals surface area contributed by atoms with Gasteiger partial charge in [0.05, 0.1) is 6.04 Å². The maximum atomic E-state index is 13.4. The third-order valence-corrected chi connectivity index (χ3v) is 8.79. The Balaban J connectivity index is 1.11. The summed E-state index contributed by atoms with van der Waals surface area (Å²) in [5.74, 6) is -2.71. The number of benzene rings is 2. The number of oxime groups is 1. The van der Waals surface area contributed by atoms with Gasteiger partial charge in [0.2, 0.25) is 11.5 Å². The molecule has 1 aliphatic carbocycles. The lowest BCUT2D eigenvalue weighted by Gasteiger charge is -2.37. The highest BCUT2D eigenvalue weighted by molar-refractivity contribution is 7.14. The van der Waals surface area contributed by atoms with Gasteiger partial charge in [-0.1, -0.05) is 53.7 Å². The molecule has 4 amide bonds. The number of alkyl carbamates (subject to hydrolysis) is 1. The summed E-state index contributed by atoms with van der Waals surface area (Å²) in [4.78, 5) is 71.5. The lowest BCUT2D eigenvalue weighted by Crippen LogP contribution is -2.72. The predicted octanol–water partition coefficient (Wildman–Crippen LogP) is 3.19. The Morgan fingerprint density at radius 3 is 2.23 bits per heavy atom. The van der Waals surface area contributed by atoms with Gasteiger partial charge in [-0.3, -0.25) is 14.9 Å². The van der Waals surface area contributed by atoms with Crippen molar-refractivity contribution in [2.24, 2.45) is 5.16 Å². The Bertz CT molecular complexity index is 1820. The molecule has 3 aromatic rings. The topological polar surface area (TPSA) is 219 Å². The zero-order valence-electron chi connectivity index (χ0n) is 29.3. The number of hydrogen-bond donors (Lipinski definition) is 6. The summed E-state index contributed by atoms with van der Waals surface area (Å²) in [6, 6.07) is 14.7. The fraction of sp³-hybridized carbons (Fsp3) is 0.400. The molecule has 6 N–H and O–H groups in total. The summed E-state index contributed by atoms with van der Waals surface area (Å²) in [6.45, 7) is 8.59. The smallest absolute Gasteiger partial charge is 0.413 e. The van der Waals surface area contributed by atoms with E-state index >= 15 is 0 Å². The minimum atomic E-state index is -1.80. The highest BCUT2D eigenvalue weighted by Crippen LogP contribution is 2.44. The third-order valence-electron chi connectivity index (χ3n) is 8.03. The number of carboxylic acid groups (broad SMARTS) is 1. The number of nitrogens with one attached hydrogen (secondary N) is 5. The van der Waals surface area contributed by atoms with E-state index in [-0.39, 0.29) is 36.4 Å². The standard InChI is InChI=1S/C35H41N7O9S/c1-34(2,3)50-33(48)41-31-39-25(18-52-31)27(42-51-35(4,5)30(45)46)29(44)40-26-24(38-28(26)43)16-36-14-15-37-32(47)49-17-23-21-12-8-6-10-19(21)20-11-7-9-13-22(20)23/h6-13,18,23-24,26,36H,14-17H2,1-5H3,(H,37,47)(H,38,43)(H,40,44)(H,45,46)(H,39,41,48)/t24-,26+/m1/s1. The first-order valence-electron chi connectivity index (χ1n) is 16.5. The van der Waals surface area contributed by atoms with Crippen LogP contribution in [-0.4, -0.2) is 95.3 Å². The highest BCUT2D eigenvalue weighted by atomic mass is 32.1. The van der Waals surface area contributed by atoms with Crippen LogP contribution in [0.15, 0.2) is 59.1 Å². The van der Waals surface area contributed by atoms with Crippen molar-refractivity contribution >= 4 is 52.2 Å². The Kier molecular flexibility index (Phi) is 11.4. The van der Waals surface area contributed by atoms with Crippen LogP contribution >= 0.6 is 11.3 Å². The summed E-state index contributed by atoms with van der Waals surface area (Å²) >= 11 is 0.967. The molecule has 2 atom stereocenters. The second-order valence-electron chi connectivity index (χ2n) is 13.5. The Hall–Kier alpha value is -5.55. The molecule has 0 unspecified atom stereocenters. The summed E-state index contributed by atoms with van der Waals surface area (Å²) in [7, 11) is 0. The van der Waals surface area contributed by atoms with Crippen molar-refractivity contribution in [3.8, 4) is 11.1 Å². The first-order valence-corrected chi connectivity index (χ1v) is 17.4. The molecule has 2 heterocycles. The van der Waals surface area contributed by atoms with Gasteiger partial charge < -0.3 is 40.7 Å². The molecule has 0 radical (unpaired) electrons. The van der Waals surface area contributed by atoms with E-state index in [1.165, 1.54) is 19.2 Å². The molecule has 17 heteroatoms. The largest absolute Gasteiger partial charge is 0.478 e. The number of carbonyl (C=O) groups excluding carboxylic acids is 4. The van der Waals surface area contributed by atoms with E-state index in [2.05, 4.69) is 48.9 Å². The van der Waals surface area contributed by atoms with Gasteiger partial charge in [-0.15, -0.1) is 11.3 Å². The van der Waals surface area contributed by atoms with Crippen molar-refractivity contribution in [1.29, 1.82) is 0 Å². The molecule has 2 aliphatic rings. The van der Waals surface area contributed by atoms with E-state index < -0.39 is 59.0 Å². The Labute approximate surface area is 303 Å². The third kappa shape index (κ3) is 9.21. The molecule has 52 heavy (non-hydrogen) atoms. The van der Waals surface area contributed by atoms with Crippen molar-refractivity contribution in [2.75, 3.05) is 31.6 Å². The van der Waals surface area contributed by atoms with E-state index in [1.54, 1.807) is 20.8 Å². The number of β-lactam (4-membered cyclic amide) rings is 1. The highest BCUT2D eigenvalue weighted by Gasteiger charge is 2.41. The van der Waals surface area contributed by atoms with E-state index in [9.17, 15) is 29.1 Å². The summed E-state index contributed by atoms with van der Waals surface area (Å²) in [5.41, 5.74) is 1.49. The molecule has 1 aliphatic heterocycles. The second kappa shape index (κ2) is 15.8. The molecule has 0 saturated carbocycles. The number of aromatic nitrogens is 1. The zero-order valence-corrected chi connectivity index (χ0v) is 30.1. The Morgan fingerprint density at radius 1 is 0.962 bits per heavy atom. The van der Waals surface area contributed by atoms with Crippen LogP contribution in [0, 0.1) is 0 Å². The van der Waals surface area contributed by atoms with Crippen LogP contribution in [0.2, 0.25) is 0 Å². The van der Waals surface area contributed by atoms with Crippen molar-refractivity contribution < 1.29 is 43.4 Å². The van der Waals surface area contributed by atoms with Gasteiger partial charge in [0.1, 0.15) is 23.9 Å². The van der Waals surface area contributed by atoms with Gasteiger partial charge >= 0.3 is 18.2 Å². The van der Waals surface area contributed by atoms with E-state index in [0.717, 1.165) is 33.6 Å². The van der Waals surface area contributed by atoms with Crippen LogP contribution in [-0.2, 0) is 28.7 Å². The van der Waals surface area contributed by atoms with E-state index in [0.29, 0.717) is 6.54 Å². The van der Waals surface area contributed by atoms with Gasteiger partial charge in [-0.05, 0) is 56.9 Å². The number of amides is 4. The maximum Gasteiger partial charge on any atom is 0.413 e. The first-order chi connectivity index (χ1) is 24.6. The average molecular weight is 736 g/mol. The van der Waals surface area contributed by atoms with Crippen LogP contribution in [0.1, 0.15) is 57.4 Å². The lowest BCUT2D eigenvalue weighted by atomic mass is 9.98. The van der Waals surface area contributed by atoms with Crippen molar-refractivity contribution in [3.63, 3.8) is 0 Å². The number of anilines is 1. The van der Waals surface area contributed by atoms with Crippen LogP contribution in [0.3, 0.4) is 0 Å². The maximum absolute atomic E-state index is 13.4. The second-order valence-corrected chi connectivity index (χ2v) is 14.4. The first kappa shape index (κ1) is 37.7. The normalized spacial score (nSPS) is 16.8. The molecule has 1 fully saturated rings. The number of thiazole rings is 1. The van der Waals surface area contributed by atoms with Gasteiger partial charge in [0.25, 0.3) is 5.91 Å². The van der Waals surface area contributed by atoms with E-state index in [1.807, 2.05) is 36.4 Å². The number of carbonyl (C=O) groups is 5. The van der Waals surface area contributed by atoms with Gasteiger partial charge in [0, 0.05) is 30.9 Å². The van der Waals surface area contributed by atoms with Crippen molar-refractivity contribution in [2.45, 2.75) is 63.8 Å². The molecule has 1 aromatic heterocycles. The number of rotatable bonds is 14. The van der Waals surface area contributed by atoms with Gasteiger partial charge in [-0.25, -0.2) is 19.4 Å². The fourth-order valence-electron chi connectivity index (χ4n) is 5.38. The fourth-order valence-corrected chi connectivity index (χ4v) is 6.06. The van der Waals surface area contributed by atoms with Crippen molar-refractivity contribution in [1.82, 2.24) is 26.3 Å². The van der Waals surface area contributed by atoms with Gasteiger partial charge in [0.15, 0.2) is 10.8 Å².